The van der Waals surface area contributed by atoms with Gasteiger partial charge in [-0.2, -0.15) is 0 Å². The van der Waals surface area contributed by atoms with E-state index in [1.165, 1.54) is 0 Å². The van der Waals surface area contributed by atoms with Crippen LogP contribution in [0.25, 0.3) is 0 Å². The lowest BCUT2D eigenvalue weighted by Crippen LogP contribution is -2.13. The van der Waals surface area contributed by atoms with E-state index in [-0.39, 0.29) is 0 Å². The van der Waals surface area contributed by atoms with Gasteiger partial charge in [-0.3, -0.25) is 4.79 Å². The Balaban J connectivity index is 1.62. The minimum absolute atomic E-state index is 0.381. The van der Waals surface area contributed by atoms with Gasteiger partial charge in [0.25, 0.3) is 0 Å². The van der Waals surface area contributed by atoms with Crippen LogP contribution in [0.5, 0.6) is 11.5 Å². The maximum absolute atomic E-state index is 11.3. The molecule has 0 aliphatic heterocycles. The average Bonchev–Trinajstić information content (AvgIpc) is 2.85. The number of carbonyl (C=O) groups excluding carboxylic acids is 1. The number of hydrogen-bond donors (Lipinski definition) is 5. The zero-order valence-electron chi connectivity index (χ0n) is 20.4. The molecule has 0 saturated heterocycles. The Kier molecular flexibility index (Phi) is 8.45. The van der Waals surface area contributed by atoms with E-state index in [1.807, 2.05) is 49.4 Å². The highest BCUT2D eigenvalue weighted by Gasteiger charge is 2.10. The van der Waals surface area contributed by atoms with Gasteiger partial charge in [0, 0.05) is 18.7 Å². The molecule has 8 N–H and O–H groups in total. The molecule has 0 atom stereocenters. The number of carbonyl (C=O) groups is 1. The lowest BCUT2D eigenvalue weighted by molar-refractivity contribution is 0.100. The molecule has 0 spiro atoms. The fourth-order valence-corrected chi connectivity index (χ4v) is 3.37. The Bertz CT molecular complexity index is 1210. The van der Waals surface area contributed by atoms with Crippen LogP contribution in [0.3, 0.4) is 0 Å². The first-order chi connectivity index (χ1) is 16.8. The van der Waals surface area contributed by atoms with Crippen molar-refractivity contribution in [1.82, 2.24) is 0 Å². The van der Waals surface area contributed by atoms with E-state index >= 15 is 0 Å². The largest absolute Gasteiger partial charge is 0.497 e. The van der Waals surface area contributed by atoms with Gasteiger partial charge in [0.1, 0.15) is 23.8 Å². The zero-order chi connectivity index (χ0) is 25.4. The van der Waals surface area contributed by atoms with Crippen molar-refractivity contribution in [3.05, 3.63) is 82.9 Å². The summed E-state index contributed by atoms with van der Waals surface area (Å²) < 4.78 is 11.3. The van der Waals surface area contributed by atoms with Crippen LogP contribution in [0, 0.1) is 0 Å². The first-order valence-electron chi connectivity index (χ1n) is 11.2. The van der Waals surface area contributed by atoms with Crippen molar-refractivity contribution in [1.29, 1.82) is 0 Å². The van der Waals surface area contributed by atoms with Crippen LogP contribution >= 0.6 is 0 Å². The third kappa shape index (κ3) is 6.83. The molecule has 3 rings (SSSR count). The van der Waals surface area contributed by atoms with E-state index < -0.39 is 5.91 Å². The maximum Gasteiger partial charge on any atom is 0.248 e. The van der Waals surface area contributed by atoms with Gasteiger partial charge < -0.3 is 37.3 Å². The van der Waals surface area contributed by atoms with Gasteiger partial charge in [-0.15, -0.1) is 0 Å². The standard InChI is InChI=1S/C27H33N5O3/c1-17(14-31-24-12-9-20(27(30)33)13-23(24)29)18(2)15-32-26-22(28)5-4-6-25(26)35-16-19-7-10-21(34-3)11-8-19/h4-13,31-32H,14-16,28-29H2,1-3H3,(H2,30,33)/b18-17+. The highest BCUT2D eigenvalue weighted by Crippen LogP contribution is 2.31. The number of rotatable bonds is 11. The molecular formula is C27H33N5O3. The van der Waals surface area contributed by atoms with E-state index in [9.17, 15) is 4.79 Å². The van der Waals surface area contributed by atoms with Crippen LogP contribution in [0.2, 0.25) is 0 Å². The fourth-order valence-electron chi connectivity index (χ4n) is 3.37. The number of benzene rings is 3. The Morgan fingerprint density at radius 2 is 1.57 bits per heavy atom. The molecule has 0 saturated carbocycles. The van der Waals surface area contributed by atoms with Gasteiger partial charge in [-0.1, -0.05) is 29.3 Å². The van der Waals surface area contributed by atoms with Gasteiger partial charge in [0.05, 0.1) is 24.2 Å². The summed E-state index contributed by atoms with van der Waals surface area (Å²) >= 11 is 0. The number of methoxy groups -OCH3 is 1. The lowest BCUT2D eigenvalue weighted by Gasteiger charge is -2.17. The molecule has 0 unspecified atom stereocenters. The number of nitrogens with one attached hydrogen (secondary N) is 2. The van der Waals surface area contributed by atoms with E-state index in [2.05, 4.69) is 17.6 Å². The highest BCUT2D eigenvalue weighted by molar-refractivity contribution is 5.94. The average molecular weight is 476 g/mol. The molecule has 8 heteroatoms. The number of para-hydroxylation sites is 1. The lowest BCUT2D eigenvalue weighted by atomic mass is 10.1. The number of primary amides is 1. The summed E-state index contributed by atoms with van der Waals surface area (Å²) in [7, 11) is 1.64. The molecule has 1 amide bonds. The van der Waals surface area contributed by atoms with Gasteiger partial charge >= 0.3 is 0 Å². The summed E-state index contributed by atoms with van der Waals surface area (Å²) in [4.78, 5) is 11.3. The molecule has 35 heavy (non-hydrogen) atoms. The molecule has 0 heterocycles. The molecule has 3 aromatic rings. The second kappa shape index (κ2) is 11.7. The van der Waals surface area contributed by atoms with Crippen molar-refractivity contribution in [2.45, 2.75) is 20.5 Å². The summed E-state index contributed by atoms with van der Waals surface area (Å²) in [5.41, 5.74) is 23.9. The molecule has 0 radical (unpaired) electrons. The van der Waals surface area contributed by atoms with Gasteiger partial charge in [-0.05, 0) is 61.9 Å². The molecular weight excluding hydrogens is 442 g/mol. The Morgan fingerprint density at radius 1 is 0.886 bits per heavy atom. The number of anilines is 4. The summed E-state index contributed by atoms with van der Waals surface area (Å²) in [5, 5.41) is 6.72. The highest BCUT2D eigenvalue weighted by atomic mass is 16.5. The molecule has 0 bridgehead atoms. The van der Waals surface area contributed by atoms with Crippen LogP contribution in [0.4, 0.5) is 22.7 Å². The fraction of sp³-hybridized carbons (Fsp3) is 0.222. The van der Waals surface area contributed by atoms with Gasteiger partial charge in [0.15, 0.2) is 0 Å². The Morgan fingerprint density at radius 3 is 2.20 bits per heavy atom. The van der Waals surface area contributed by atoms with Crippen LogP contribution in [0.15, 0.2) is 71.8 Å². The van der Waals surface area contributed by atoms with Crippen molar-refractivity contribution in [3.63, 3.8) is 0 Å². The number of hydrogen-bond acceptors (Lipinski definition) is 7. The maximum atomic E-state index is 11.3. The monoisotopic (exact) mass is 475 g/mol. The van der Waals surface area contributed by atoms with Crippen LogP contribution in [-0.4, -0.2) is 26.1 Å². The van der Waals surface area contributed by atoms with Crippen LogP contribution < -0.4 is 37.3 Å². The van der Waals surface area contributed by atoms with Gasteiger partial charge in [-0.25, -0.2) is 0 Å². The summed E-state index contributed by atoms with van der Waals surface area (Å²) in [6.45, 7) is 5.71. The van der Waals surface area contributed by atoms with Crippen molar-refractivity contribution in [2.24, 2.45) is 5.73 Å². The Labute approximate surface area is 206 Å². The molecule has 0 aliphatic rings. The van der Waals surface area contributed by atoms with Gasteiger partial charge in [0.2, 0.25) is 5.91 Å². The zero-order valence-corrected chi connectivity index (χ0v) is 20.4. The number of nitrogens with two attached hydrogens (primary N) is 3. The predicted molar refractivity (Wildman–Crippen MR) is 143 cm³/mol. The molecule has 0 aromatic heterocycles. The first-order valence-corrected chi connectivity index (χ1v) is 11.2. The molecule has 0 aliphatic carbocycles. The number of ether oxygens (including phenoxy) is 2. The van der Waals surface area contributed by atoms with E-state index in [0.717, 1.165) is 33.8 Å². The molecule has 8 nitrogen and oxygen atoms in total. The van der Waals surface area contributed by atoms with E-state index in [0.29, 0.717) is 42.4 Å². The van der Waals surface area contributed by atoms with Crippen molar-refractivity contribution in [3.8, 4) is 11.5 Å². The third-order valence-corrected chi connectivity index (χ3v) is 5.75. The van der Waals surface area contributed by atoms with Crippen molar-refractivity contribution >= 4 is 28.7 Å². The van der Waals surface area contributed by atoms with Crippen molar-refractivity contribution < 1.29 is 14.3 Å². The summed E-state index contributed by atoms with van der Waals surface area (Å²) in [5.74, 6) is 0.984. The van der Waals surface area contributed by atoms with E-state index in [1.54, 1.807) is 25.3 Å². The second-order valence-corrected chi connectivity index (χ2v) is 8.29. The topological polar surface area (TPSA) is 138 Å². The Hall–Kier alpha value is -4.33. The normalized spacial score (nSPS) is 11.4. The van der Waals surface area contributed by atoms with Crippen molar-refractivity contribution in [2.75, 3.05) is 42.3 Å². The SMILES string of the molecule is COc1ccc(COc2cccc(N)c2NC/C(C)=C(\C)CNc2ccc(C(N)=O)cc2N)cc1. The molecule has 0 fully saturated rings. The molecule has 184 valence electrons. The summed E-state index contributed by atoms with van der Waals surface area (Å²) in [6.07, 6.45) is 0. The predicted octanol–water partition coefficient (Wildman–Crippen LogP) is 4.40. The minimum Gasteiger partial charge on any atom is -0.497 e. The van der Waals surface area contributed by atoms with Crippen LogP contribution in [-0.2, 0) is 6.61 Å². The second-order valence-electron chi connectivity index (χ2n) is 8.29. The third-order valence-electron chi connectivity index (χ3n) is 5.75. The minimum atomic E-state index is -0.506. The number of amides is 1. The smallest absolute Gasteiger partial charge is 0.248 e. The summed E-state index contributed by atoms with van der Waals surface area (Å²) in [6, 6.07) is 18.3. The molecule has 3 aromatic carbocycles. The van der Waals surface area contributed by atoms with E-state index in [4.69, 9.17) is 26.7 Å². The number of nitrogen functional groups attached to an aromatic ring is 2. The quantitative estimate of drug-likeness (QED) is 0.205. The van der Waals surface area contributed by atoms with Crippen LogP contribution in [0.1, 0.15) is 29.8 Å². The first kappa shape index (κ1) is 25.3.